The van der Waals surface area contributed by atoms with Crippen LogP contribution in [-0.2, 0) is 6.42 Å². The fourth-order valence-electron chi connectivity index (χ4n) is 3.66. The number of benzene rings is 2. The molecule has 1 saturated heterocycles. The summed E-state index contributed by atoms with van der Waals surface area (Å²) in [5.74, 6) is 1.00. The monoisotopic (exact) mass is 295 g/mol. The van der Waals surface area contributed by atoms with Crippen molar-refractivity contribution in [2.45, 2.75) is 38.3 Å². The Balaban J connectivity index is 1.75. The molecule has 0 saturated carbocycles. The van der Waals surface area contributed by atoms with E-state index >= 15 is 0 Å². The number of para-hydroxylation sites is 1. The number of nitrogens with zero attached hydrogens (tertiary/aromatic N) is 1. The van der Waals surface area contributed by atoms with Gasteiger partial charge in [-0.15, -0.1) is 0 Å². The van der Waals surface area contributed by atoms with Crippen molar-refractivity contribution in [1.82, 2.24) is 4.90 Å². The van der Waals surface area contributed by atoms with Crippen molar-refractivity contribution >= 4 is 0 Å². The first-order valence-corrected chi connectivity index (χ1v) is 8.22. The second-order valence-corrected chi connectivity index (χ2v) is 6.17. The van der Waals surface area contributed by atoms with E-state index in [-0.39, 0.29) is 0 Å². The lowest BCUT2D eigenvalue weighted by atomic mass is 10.0. The molecule has 0 N–H and O–H groups in total. The van der Waals surface area contributed by atoms with Crippen LogP contribution in [0.3, 0.4) is 0 Å². The third-order valence-corrected chi connectivity index (χ3v) is 4.75. The first-order chi connectivity index (χ1) is 10.8. The van der Waals surface area contributed by atoms with Gasteiger partial charge in [0.15, 0.2) is 0 Å². The molecule has 2 aromatic rings. The number of rotatable bonds is 5. The Hall–Kier alpha value is -1.80. The van der Waals surface area contributed by atoms with Crippen LogP contribution in [0.1, 0.15) is 36.9 Å². The molecule has 0 aromatic heterocycles. The largest absolute Gasteiger partial charge is 0.496 e. The molecule has 2 aromatic carbocycles. The van der Waals surface area contributed by atoms with Gasteiger partial charge in [0, 0.05) is 12.1 Å². The van der Waals surface area contributed by atoms with Gasteiger partial charge in [0.1, 0.15) is 5.75 Å². The molecule has 22 heavy (non-hydrogen) atoms. The number of likely N-dealkylation sites (tertiary alicyclic amines) is 1. The second-order valence-electron chi connectivity index (χ2n) is 6.17. The minimum absolute atomic E-state index is 0.518. The highest BCUT2D eigenvalue weighted by Crippen LogP contribution is 2.34. The zero-order chi connectivity index (χ0) is 15.4. The van der Waals surface area contributed by atoms with Gasteiger partial charge < -0.3 is 4.74 Å². The Labute approximate surface area is 133 Å². The number of methoxy groups -OCH3 is 1. The van der Waals surface area contributed by atoms with Crippen LogP contribution in [0.2, 0.25) is 0 Å². The first kappa shape index (κ1) is 15.1. The molecule has 1 aliphatic heterocycles. The summed E-state index contributed by atoms with van der Waals surface area (Å²) in [4.78, 5) is 2.65. The van der Waals surface area contributed by atoms with Crippen LogP contribution in [-0.4, -0.2) is 24.6 Å². The fourth-order valence-corrected chi connectivity index (χ4v) is 3.66. The van der Waals surface area contributed by atoms with E-state index in [1.54, 1.807) is 7.11 Å². The maximum Gasteiger partial charge on any atom is 0.122 e. The van der Waals surface area contributed by atoms with E-state index in [2.05, 4.69) is 60.4 Å². The lowest BCUT2D eigenvalue weighted by Gasteiger charge is -2.31. The van der Waals surface area contributed by atoms with Crippen molar-refractivity contribution in [3.05, 3.63) is 65.7 Å². The summed E-state index contributed by atoms with van der Waals surface area (Å²) in [6.45, 7) is 3.53. The molecular weight excluding hydrogens is 270 g/mol. The third-order valence-electron chi connectivity index (χ3n) is 4.75. The van der Waals surface area contributed by atoms with Crippen LogP contribution in [0.5, 0.6) is 5.75 Å². The van der Waals surface area contributed by atoms with E-state index < -0.39 is 0 Å². The van der Waals surface area contributed by atoms with Crippen molar-refractivity contribution in [3.63, 3.8) is 0 Å². The van der Waals surface area contributed by atoms with Crippen LogP contribution in [0.15, 0.2) is 54.6 Å². The molecule has 2 atom stereocenters. The van der Waals surface area contributed by atoms with E-state index in [9.17, 15) is 0 Å². The topological polar surface area (TPSA) is 12.5 Å². The molecule has 0 amide bonds. The van der Waals surface area contributed by atoms with E-state index in [4.69, 9.17) is 4.74 Å². The number of hydrogen-bond donors (Lipinski definition) is 0. The highest BCUT2D eigenvalue weighted by Gasteiger charge is 2.29. The predicted octanol–water partition coefficient (Wildman–Crippen LogP) is 4.46. The van der Waals surface area contributed by atoms with Gasteiger partial charge >= 0.3 is 0 Å². The van der Waals surface area contributed by atoms with Crippen molar-refractivity contribution in [2.75, 3.05) is 13.7 Å². The van der Waals surface area contributed by atoms with Crippen LogP contribution in [0.4, 0.5) is 0 Å². The predicted molar refractivity (Wildman–Crippen MR) is 91.3 cm³/mol. The van der Waals surface area contributed by atoms with Gasteiger partial charge in [0.2, 0.25) is 0 Å². The number of hydrogen-bond acceptors (Lipinski definition) is 2. The minimum atomic E-state index is 0.518. The Morgan fingerprint density at radius 3 is 2.59 bits per heavy atom. The van der Waals surface area contributed by atoms with E-state index in [1.807, 2.05) is 6.07 Å². The molecule has 1 heterocycles. The highest BCUT2D eigenvalue weighted by molar-refractivity contribution is 5.34. The van der Waals surface area contributed by atoms with Gasteiger partial charge in [0.25, 0.3) is 0 Å². The normalized spacial score (nSPS) is 20.0. The molecule has 2 nitrogen and oxygen atoms in total. The molecule has 1 fully saturated rings. The lowest BCUT2D eigenvalue weighted by Crippen LogP contribution is -2.34. The molecule has 0 aliphatic carbocycles. The molecular formula is C20H25NO. The molecule has 0 bridgehead atoms. The van der Waals surface area contributed by atoms with Crippen LogP contribution < -0.4 is 4.74 Å². The zero-order valence-corrected chi connectivity index (χ0v) is 13.5. The summed E-state index contributed by atoms with van der Waals surface area (Å²) in [6.07, 6.45) is 3.59. The van der Waals surface area contributed by atoms with Gasteiger partial charge in [-0.1, -0.05) is 48.5 Å². The average Bonchev–Trinajstić information content (AvgIpc) is 3.06. The molecule has 1 aliphatic rings. The second kappa shape index (κ2) is 6.97. The van der Waals surface area contributed by atoms with Crippen LogP contribution in [0.25, 0.3) is 0 Å². The van der Waals surface area contributed by atoms with Gasteiger partial charge in [-0.3, -0.25) is 4.90 Å². The summed E-state index contributed by atoms with van der Waals surface area (Å²) < 4.78 is 5.50. The SMILES string of the molecule is COc1ccccc1CC(C)N1CCCC1c1ccccc1. The highest BCUT2D eigenvalue weighted by atomic mass is 16.5. The fraction of sp³-hybridized carbons (Fsp3) is 0.400. The quantitative estimate of drug-likeness (QED) is 0.807. The smallest absolute Gasteiger partial charge is 0.122 e. The Bertz CT molecular complexity index is 596. The van der Waals surface area contributed by atoms with Gasteiger partial charge in [-0.25, -0.2) is 0 Å². The Kier molecular flexibility index (Phi) is 4.79. The minimum Gasteiger partial charge on any atom is -0.496 e. The summed E-state index contributed by atoms with van der Waals surface area (Å²) >= 11 is 0. The van der Waals surface area contributed by atoms with Crippen molar-refractivity contribution in [3.8, 4) is 5.75 Å². The summed E-state index contributed by atoms with van der Waals surface area (Å²) in [6, 6.07) is 20.4. The molecule has 0 radical (unpaired) electrons. The first-order valence-electron chi connectivity index (χ1n) is 8.22. The molecule has 2 heteroatoms. The van der Waals surface area contributed by atoms with E-state index in [0.717, 1.165) is 12.2 Å². The van der Waals surface area contributed by atoms with Crippen LogP contribution >= 0.6 is 0 Å². The summed E-state index contributed by atoms with van der Waals surface area (Å²) in [5.41, 5.74) is 2.75. The zero-order valence-electron chi connectivity index (χ0n) is 13.5. The Morgan fingerprint density at radius 2 is 1.82 bits per heavy atom. The Morgan fingerprint density at radius 1 is 1.09 bits per heavy atom. The van der Waals surface area contributed by atoms with E-state index in [1.165, 1.54) is 30.5 Å². The summed E-state index contributed by atoms with van der Waals surface area (Å²) in [7, 11) is 1.76. The van der Waals surface area contributed by atoms with Crippen LogP contribution in [0, 0.1) is 0 Å². The molecule has 116 valence electrons. The maximum absolute atomic E-state index is 5.50. The standard InChI is InChI=1S/C20H25NO/c1-16(15-18-11-6-7-13-20(18)22-2)21-14-8-12-19(21)17-9-4-3-5-10-17/h3-7,9-11,13,16,19H,8,12,14-15H2,1-2H3. The average molecular weight is 295 g/mol. The molecule has 2 unspecified atom stereocenters. The lowest BCUT2D eigenvalue weighted by molar-refractivity contribution is 0.190. The van der Waals surface area contributed by atoms with E-state index in [0.29, 0.717) is 12.1 Å². The summed E-state index contributed by atoms with van der Waals surface area (Å²) in [5, 5.41) is 0. The van der Waals surface area contributed by atoms with Gasteiger partial charge in [0.05, 0.1) is 7.11 Å². The maximum atomic E-state index is 5.50. The van der Waals surface area contributed by atoms with Crippen molar-refractivity contribution in [1.29, 1.82) is 0 Å². The molecule has 0 spiro atoms. The van der Waals surface area contributed by atoms with Gasteiger partial charge in [-0.05, 0) is 49.9 Å². The van der Waals surface area contributed by atoms with Crippen molar-refractivity contribution in [2.24, 2.45) is 0 Å². The van der Waals surface area contributed by atoms with Gasteiger partial charge in [-0.2, -0.15) is 0 Å². The number of ether oxygens (including phenoxy) is 1. The van der Waals surface area contributed by atoms with Crippen molar-refractivity contribution < 1.29 is 4.74 Å². The third kappa shape index (κ3) is 3.17. The molecule has 3 rings (SSSR count).